The Morgan fingerprint density at radius 3 is 2.46 bits per heavy atom. The molecule has 5 aliphatic rings. The summed E-state index contributed by atoms with van der Waals surface area (Å²) in [5.74, 6) is 2.21. The lowest BCUT2D eigenvalue weighted by atomic mass is 9.49. The number of carbonyl (C=O) groups is 2. The number of ether oxygens (including phenoxy) is 1. The van der Waals surface area contributed by atoms with Gasteiger partial charge in [-0.3, -0.25) is 9.89 Å². The first-order chi connectivity index (χ1) is 12.6. The number of esters is 1. The van der Waals surface area contributed by atoms with Crippen molar-refractivity contribution in [3.8, 4) is 0 Å². The number of carbonyl (C=O) groups excluding carboxylic acids is 2. The number of rotatable bonds is 3. The van der Waals surface area contributed by atoms with Crippen LogP contribution in [0.25, 0.3) is 0 Å². The number of nitrogens with zero attached hydrogens (tertiary/aromatic N) is 2. The third kappa shape index (κ3) is 2.41. The van der Waals surface area contributed by atoms with Crippen LogP contribution in [-0.4, -0.2) is 40.1 Å². The molecule has 0 atom stereocenters. The van der Waals surface area contributed by atoms with E-state index in [0.29, 0.717) is 24.8 Å². The van der Waals surface area contributed by atoms with Gasteiger partial charge in [0.05, 0.1) is 12.0 Å². The monoisotopic (exact) mass is 357 g/mol. The molecule has 6 nitrogen and oxygen atoms in total. The molecule has 1 aromatic heterocycles. The third-order valence-electron chi connectivity index (χ3n) is 7.18. The first-order valence-electron chi connectivity index (χ1n) is 10.1. The van der Waals surface area contributed by atoms with E-state index in [4.69, 9.17) is 4.74 Å². The number of hydrogen-bond donors (Lipinski definition) is 1. The van der Waals surface area contributed by atoms with E-state index in [1.165, 1.54) is 19.3 Å². The molecule has 0 saturated heterocycles. The van der Waals surface area contributed by atoms with Gasteiger partial charge in [0.15, 0.2) is 5.69 Å². The molecule has 140 valence electrons. The number of aromatic nitrogens is 2. The maximum absolute atomic E-state index is 13.6. The minimum atomic E-state index is -0.394. The molecule has 2 heterocycles. The average molecular weight is 357 g/mol. The number of H-pyrrole nitrogens is 1. The van der Waals surface area contributed by atoms with Gasteiger partial charge in [0.1, 0.15) is 0 Å². The van der Waals surface area contributed by atoms with E-state index >= 15 is 0 Å². The van der Waals surface area contributed by atoms with Crippen LogP contribution >= 0.6 is 0 Å². The van der Waals surface area contributed by atoms with Crippen LogP contribution < -0.4 is 0 Å². The second-order valence-electron chi connectivity index (χ2n) is 8.92. The highest BCUT2D eigenvalue weighted by atomic mass is 16.5. The predicted octanol–water partition coefficient (Wildman–Crippen LogP) is 2.69. The Balaban J connectivity index is 1.38. The number of amides is 1. The van der Waals surface area contributed by atoms with Crippen LogP contribution in [0, 0.1) is 23.2 Å². The van der Waals surface area contributed by atoms with Crippen LogP contribution in [0.1, 0.15) is 67.2 Å². The Morgan fingerprint density at radius 1 is 1.19 bits per heavy atom. The minimum absolute atomic E-state index is 0.125. The van der Waals surface area contributed by atoms with Gasteiger partial charge in [-0.05, 0) is 63.2 Å². The van der Waals surface area contributed by atoms with E-state index < -0.39 is 5.97 Å². The summed E-state index contributed by atoms with van der Waals surface area (Å²) in [5.41, 5.74) is 2.06. The molecule has 4 saturated carbocycles. The van der Waals surface area contributed by atoms with Crippen molar-refractivity contribution in [2.45, 2.75) is 58.4 Å². The molecular weight excluding hydrogens is 330 g/mol. The molecule has 1 aliphatic heterocycles. The lowest BCUT2D eigenvalue weighted by Gasteiger charge is -2.56. The first kappa shape index (κ1) is 16.3. The molecule has 1 N–H and O–H groups in total. The van der Waals surface area contributed by atoms with Crippen molar-refractivity contribution in [2.75, 3.05) is 13.2 Å². The summed E-state index contributed by atoms with van der Waals surface area (Å²) >= 11 is 0. The zero-order valence-electron chi connectivity index (χ0n) is 15.4. The molecule has 0 spiro atoms. The molecule has 26 heavy (non-hydrogen) atoms. The Bertz CT molecular complexity index is 718. The summed E-state index contributed by atoms with van der Waals surface area (Å²) in [7, 11) is 0. The summed E-state index contributed by atoms with van der Waals surface area (Å²) in [6.07, 6.45) is 7.99. The van der Waals surface area contributed by atoms with Gasteiger partial charge in [-0.15, -0.1) is 0 Å². The van der Waals surface area contributed by atoms with Gasteiger partial charge in [-0.25, -0.2) is 4.79 Å². The number of nitrogens with one attached hydrogen (secondary N) is 1. The van der Waals surface area contributed by atoms with E-state index in [9.17, 15) is 9.59 Å². The Hall–Kier alpha value is -1.85. The van der Waals surface area contributed by atoms with Crippen molar-refractivity contribution in [1.29, 1.82) is 0 Å². The second-order valence-corrected chi connectivity index (χ2v) is 8.92. The standard InChI is InChI=1S/C20H27N3O3/c1-2-26-18(24)17-15-11-23(4-3-16(15)21-22-17)19(25)20-8-12-5-13(9-20)7-14(6-12)10-20/h12-14H,2-11H2,1H3,(H,21,22). The van der Waals surface area contributed by atoms with Gasteiger partial charge in [0.2, 0.25) is 5.91 Å². The van der Waals surface area contributed by atoms with E-state index in [2.05, 4.69) is 10.2 Å². The van der Waals surface area contributed by atoms with Crippen molar-refractivity contribution < 1.29 is 14.3 Å². The fourth-order valence-electron chi connectivity index (χ4n) is 6.54. The van der Waals surface area contributed by atoms with Crippen molar-refractivity contribution in [2.24, 2.45) is 23.2 Å². The number of hydrogen-bond acceptors (Lipinski definition) is 4. The van der Waals surface area contributed by atoms with Crippen LogP contribution in [0.15, 0.2) is 0 Å². The zero-order valence-corrected chi connectivity index (χ0v) is 15.4. The number of fused-ring (bicyclic) bond motifs is 1. The van der Waals surface area contributed by atoms with Gasteiger partial charge in [-0.1, -0.05) is 0 Å². The highest BCUT2D eigenvalue weighted by Gasteiger charge is 2.55. The molecule has 4 aliphatic carbocycles. The molecule has 6 heteroatoms. The van der Waals surface area contributed by atoms with Gasteiger partial charge in [-0.2, -0.15) is 5.10 Å². The molecule has 1 aromatic rings. The predicted molar refractivity (Wildman–Crippen MR) is 94.3 cm³/mol. The van der Waals surface area contributed by atoms with Crippen molar-refractivity contribution in [1.82, 2.24) is 15.1 Å². The Morgan fingerprint density at radius 2 is 1.85 bits per heavy atom. The van der Waals surface area contributed by atoms with Crippen LogP contribution in [-0.2, 0) is 22.5 Å². The topological polar surface area (TPSA) is 75.3 Å². The van der Waals surface area contributed by atoms with E-state index in [1.54, 1.807) is 6.92 Å². The van der Waals surface area contributed by atoms with E-state index in [-0.39, 0.29) is 5.41 Å². The smallest absolute Gasteiger partial charge is 0.359 e. The summed E-state index contributed by atoms with van der Waals surface area (Å²) in [5, 5.41) is 7.14. The zero-order chi connectivity index (χ0) is 17.9. The van der Waals surface area contributed by atoms with E-state index in [0.717, 1.165) is 61.2 Å². The average Bonchev–Trinajstić information content (AvgIpc) is 3.03. The molecule has 0 radical (unpaired) electrons. The lowest BCUT2D eigenvalue weighted by Crippen LogP contribution is -2.55. The SMILES string of the molecule is CCOC(=O)c1n[nH]c2c1CN(C(=O)C13CC4CC(CC(C4)C1)C3)CC2. The van der Waals surface area contributed by atoms with Gasteiger partial charge < -0.3 is 9.64 Å². The second kappa shape index (κ2) is 5.83. The van der Waals surface area contributed by atoms with Crippen molar-refractivity contribution >= 4 is 11.9 Å². The highest BCUT2D eigenvalue weighted by molar-refractivity contribution is 5.90. The molecule has 4 bridgehead atoms. The van der Waals surface area contributed by atoms with Crippen LogP contribution in [0.4, 0.5) is 0 Å². The Labute approximate surface area is 153 Å². The molecular formula is C20H27N3O3. The lowest BCUT2D eigenvalue weighted by molar-refractivity contribution is -0.158. The van der Waals surface area contributed by atoms with Gasteiger partial charge in [0, 0.05) is 30.8 Å². The van der Waals surface area contributed by atoms with Crippen LogP contribution in [0.3, 0.4) is 0 Å². The summed E-state index contributed by atoms with van der Waals surface area (Å²) in [6.45, 7) is 3.33. The first-order valence-corrected chi connectivity index (χ1v) is 10.1. The molecule has 6 rings (SSSR count). The number of aromatic amines is 1. The summed E-state index contributed by atoms with van der Waals surface area (Å²) in [4.78, 5) is 27.7. The quantitative estimate of drug-likeness (QED) is 0.844. The van der Waals surface area contributed by atoms with Crippen LogP contribution in [0.5, 0.6) is 0 Å². The normalized spacial score (nSPS) is 34.7. The van der Waals surface area contributed by atoms with Gasteiger partial charge in [0.25, 0.3) is 0 Å². The largest absolute Gasteiger partial charge is 0.461 e. The molecule has 4 fully saturated rings. The van der Waals surface area contributed by atoms with Crippen molar-refractivity contribution in [3.63, 3.8) is 0 Å². The molecule has 1 amide bonds. The minimum Gasteiger partial charge on any atom is -0.461 e. The van der Waals surface area contributed by atoms with Crippen LogP contribution in [0.2, 0.25) is 0 Å². The maximum atomic E-state index is 13.6. The fraction of sp³-hybridized carbons (Fsp3) is 0.750. The fourth-order valence-corrected chi connectivity index (χ4v) is 6.54. The van der Waals surface area contributed by atoms with Gasteiger partial charge >= 0.3 is 5.97 Å². The Kier molecular flexibility index (Phi) is 3.66. The van der Waals surface area contributed by atoms with E-state index in [1.807, 2.05) is 4.90 Å². The highest BCUT2D eigenvalue weighted by Crippen LogP contribution is 2.60. The third-order valence-corrected chi connectivity index (χ3v) is 7.18. The maximum Gasteiger partial charge on any atom is 0.359 e. The summed E-state index contributed by atoms with van der Waals surface area (Å²) < 4.78 is 5.12. The van der Waals surface area contributed by atoms with Crippen molar-refractivity contribution in [3.05, 3.63) is 17.0 Å². The molecule has 0 unspecified atom stereocenters. The molecule has 0 aromatic carbocycles. The summed E-state index contributed by atoms with van der Waals surface area (Å²) in [6, 6.07) is 0.